The Morgan fingerprint density at radius 1 is 1.11 bits per heavy atom. The summed E-state index contributed by atoms with van der Waals surface area (Å²) in [7, 11) is 0. The van der Waals surface area contributed by atoms with Crippen LogP contribution in [0.3, 0.4) is 0 Å². The molecule has 0 aromatic heterocycles. The predicted octanol–water partition coefficient (Wildman–Crippen LogP) is 4.86. The van der Waals surface area contributed by atoms with Gasteiger partial charge in [0.15, 0.2) is 0 Å². The zero-order valence-electron chi connectivity index (χ0n) is 10.7. The van der Waals surface area contributed by atoms with Gasteiger partial charge in [-0.1, -0.05) is 28.1 Å². The Morgan fingerprint density at radius 2 is 1.79 bits per heavy atom. The Labute approximate surface area is 134 Å². The number of hydrogen-bond donors (Lipinski definition) is 1. The van der Waals surface area contributed by atoms with Gasteiger partial charge in [-0.05, 0) is 76.9 Å². The van der Waals surface area contributed by atoms with Crippen LogP contribution >= 0.6 is 38.5 Å². The summed E-state index contributed by atoms with van der Waals surface area (Å²) in [5.41, 5.74) is 10.6. The summed E-state index contributed by atoms with van der Waals surface area (Å²) in [6.45, 7) is 4.07. The van der Waals surface area contributed by atoms with Gasteiger partial charge in [0.05, 0.1) is 6.04 Å². The predicted molar refractivity (Wildman–Crippen MR) is 88.8 cm³/mol. The van der Waals surface area contributed by atoms with Crippen molar-refractivity contribution in [1.29, 1.82) is 0 Å². The lowest BCUT2D eigenvalue weighted by Gasteiger charge is -2.18. The van der Waals surface area contributed by atoms with E-state index >= 15 is 0 Å². The summed E-state index contributed by atoms with van der Waals surface area (Å²) >= 11 is 5.64. The molecule has 0 spiro atoms. The van der Waals surface area contributed by atoms with Gasteiger partial charge in [-0.3, -0.25) is 0 Å². The Morgan fingerprint density at radius 3 is 2.42 bits per heavy atom. The van der Waals surface area contributed by atoms with Crippen LogP contribution in [0, 0.1) is 23.2 Å². The van der Waals surface area contributed by atoms with Gasteiger partial charge in [0.25, 0.3) is 0 Å². The van der Waals surface area contributed by atoms with Gasteiger partial charge in [-0.25, -0.2) is 4.39 Å². The topological polar surface area (TPSA) is 26.0 Å². The van der Waals surface area contributed by atoms with Crippen molar-refractivity contribution in [1.82, 2.24) is 0 Å². The van der Waals surface area contributed by atoms with E-state index in [4.69, 9.17) is 5.73 Å². The second-order valence-corrected chi connectivity index (χ2v) is 6.62. The third kappa shape index (κ3) is 3.17. The van der Waals surface area contributed by atoms with Gasteiger partial charge in [-0.15, -0.1) is 0 Å². The standard InChI is InChI=1S/C15H14BrFIN/c1-8-6-13(16)9(2)5-12(8)15(19)11-4-3-10(17)7-14(11)18/h3-7,15H,19H2,1-2H3. The first-order chi connectivity index (χ1) is 8.90. The van der Waals surface area contributed by atoms with E-state index in [9.17, 15) is 4.39 Å². The van der Waals surface area contributed by atoms with Crippen molar-refractivity contribution in [3.05, 3.63) is 66.4 Å². The SMILES string of the molecule is Cc1cc(C(N)c2ccc(F)cc2I)c(C)cc1Br. The average Bonchev–Trinajstić information content (AvgIpc) is 2.33. The molecule has 2 rings (SSSR count). The summed E-state index contributed by atoms with van der Waals surface area (Å²) in [6, 6.07) is 8.65. The normalized spacial score (nSPS) is 12.5. The molecule has 1 atom stereocenters. The quantitative estimate of drug-likeness (QED) is 0.672. The molecule has 0 amide bonds. The van der Waals surface area contributed by atoms with Crippen LogP contribution in [0.4, 0.5) is 4.39 Å². The molecule has 0 heterocycles. The molecule has 0 fully saturated rings. The van der Waals surface area contributed by atoms with Crippen molar-refractivity contribution in [2.24, 2.45) is 5.73 Å². The fourth-order valence-electron chi connectivity index (χ4n) is 2.06. The van der Waals surface area contributed by atoms with E-state index in [1.165, 1.54) is 12.1 Å². The van der Waals surface area contributed by atoms with Crippen LogP contribution in [0.1, 0.15) is 28.3 Å². The molecule has 1 unspecified atom stereocenters. The first-order valence-corrected chi connectivity index (χ1v) is 7.74. The average molecular weight is 434 g/mol. The third-order valence-corrected chi connectivity index (χ3v) is 4.97. The van der Waals surface area contributed by atoms with Crippen molar-refractivity contribution in [2.45, 2.75) is 19.9 Å². The van der Waals surface area contributed by atoms with E-state index in [-0.39, 0.29) is 11.9 Å². The maximum Gasteiger partial charge on any atom is 0.124 e. The molecule has 2 N–H and O–H groups in total. The van der Waals surface area contributed by atoms with Gasteiger partial charge in [0.1, 0.15) is 5.82 Å². The first-order valence-electron chi connectivity index (χ1n) is 5.87. The molecule has 0 aliphatic rings. The van der Waals surface area contributed by atoms with Crippen molar-refractivity contribution >= 4 is 38.5 Å². The monoisotopic (exact) mass is 433 g/mol. The minimum atomic E-state index is -0.237. The summed E-state index contributed by atoms with van der Waals surface area (Å²) in [5.74, 6) is -0.232. The molecular formula is C15H14BrFIN. The zero-order chi connectivity index (χ0) is 14.2. The van der Waals surface area contributed by atoms with E-state index in [0.29, 0.717) is 0 Å². The first kappa shape index (κ1) is 14.9. The van der Waals surface area contributed by atoms with Gasteiger partial charge < -0.3 is 5.73 Å². The molecule has 2 aromatic carbocycles. The Balaban J connectivity index is 2.49. The lowest BCUT2D eigenvalue weighted by atomic mass is 9.94. The third-order valence-electron chi connectivity index (χ3n) is 3.18. The van der Waals surface area contributed by atoms with Gasteiger partial charge >= 0.3 is 0 Å². The summed E-state index contributed by atoms with van der Waals surface area (Å²) in [4.78, 5) is 0. The van der Waals surface area contributed by atoms with Crippen LogP contribution in [0.25, 0.3) is 0 Å². The van der Waals surface area contributed by atoms with Crippen LogP contribution in [-0.2, 0) is 0 Å². The fourth-order valence-corrected chi connectivity index (χ4v) is 3.33. The maximum absolute atomic E-state index is 13.2. The van der Waals surface area contributed by atoms with Crippen molar-refractivity contribution in [2.75, 3.05) is 0 Å². The van der Waals surface area contributed by atoms with Crippen LogP contribution < -0.4 is 5.73 Å². The van der Waals surface area contributed by atoms with E-state index in [1.54, 1.807) is 6.07 Å². The zero-order valence-corrected chi connectivity index (χ0v) is 14.4. The van der Waals surface area contributed by atoms with Gasteiger partial charge in [-0.2, -0.15) is 0 Å². The maximum atomic E-state index is 13.2. The van der Waals surface area contributed by atoms with E-state index in [1.807, 2.05) is 13.8 Å². The molecular weight excluding hydrogens is 420 g/mol. The van der Waals surface area contributed by atoms with Crippen molar-refractivity contribution in [3.63, 3.8) is 0 Å². The highest BCUT2D eigenvalue weighted by Crippen LogP contribution is 2.30. The van der Waals surface area contributed by atoms with Crippen LogP contribution in [0.2, 0.25) is 0 Å². The number of hydrogen-bond acceptors (Lipinski definition) is 1. The largest absolute Gasteiger partial charge is 0.320 e. The van der Waals surface area contributed by atoms with Gasteiger partial charge in [0, 0.05) is 8.04 Å². The van der Waals surface area contributed by atoms with Crippen LogP contribution in [-0.4, -0.2) is 0 Å². The Hall–Kier alpha value is -0.460. The Bertz CT molecular complexity index is 628. The van der Waals surface area contributed by atoms with Crippen molar-refractivity contribution in [3.8, 4) is 0 Å². The molecule has 0 saturated heterocycles. The highest BCUT2D eigenvalue weighted by molar-refractivity contribution is 14.1. The molecule has 19 heavy (non-hydrogen) atoms. The van der Waals surface area contributed by atoms with Crippen molar-refractivity contribution < 1.29 is 4.39 Å². The number of nitrogens with two attached hydrogens (primary N) is 1. The fraction of sp³-hybridized carbons (Fsp3) is 0.200. The highest BCUT2D eigenvalue weighted by atomic mass is 127. The minimum absolute atomic E-state index is 0.232. The minimum Gasteiger partial charge on any atom is -0.320 e. The molecule has 0 radical (unpaired) electrons. The second-order valence-electron chi connectivity index (χ2n) is 4.60. The number of halogens is 3. The second kappa shape index (κ2) is 5.89. The molecule has 4 heteroatoms. The number of benzene rings is 2. The van der Waals surface area contributed by atoms with E-state index in [0.717, 1.165) is 30.3 Å². The number of rotatable bonds is 2. The summed E-state index contributed by atoms with van der Waals surface area (Å²) in [5, 5.41) is 0. The van der Waals surface area contributed by atoms with Crippen LogP contribution in [0.5, 0.6) is 0 Å². The lowest BCUT2D eigenvalue weighted by molar-refractivity contribution is 0.625. The van der Waals surface area contributed by atoms with Crippen LogP contribution in [0.15, 0.2) is 34.8 Å². The van der Waals surface area contributed by atoms with E-state index < -0.39 is 0 Å². The number of aryl methyl sites for hydroxylation is 2. The molecule has 1 nitrogen and oxygen atoms in total. The molecule has 0 bridgehead atoms. The smallest absolute Gasteiger partial charge is 0.124 e. The lowest BCUT2D eigenvalue weighted by Crippen LogP contribution is -2.15. The highest BCUT2D eigenvalue weighted by Gasteiger charge is 2.16. The molecule has 0 saturated carbocycles. The molecule has 0 aliphatic heterocycles. The van der Waals surface area contributed by atoms with E-state index in [2.05, 4.69) is 50.7 Å². The summed E-state index contributed by atoms with van der Waals surface area (Å²) < 4.78 is 15.1. The Kier molecular flexibility index (Phi) is 4.63. The molecule has 100 valence electrons. The molecule has 0 aliphatic carbocycles. The summed E-state index contributed by atoms with van der Waals surface area (Å²) in [6.07, 6.45) is 0. The molecule has 2 aromatic rings. The van der Waals surface area contributed by atoms with Gasteiger partial charge in [0.2, 0.25) is 0 Å².